The molecule has 11 rings (SSSR count). The SMILES string of the molecule is CC1(C)c2cc(N(c3ccccc3)c3ccccc3)ccc2-c2ccc(N(c3ccccc3)c3ccc(-c4c5ccccc5c(-c5ccccc5)c5ccccc45)cc3)cc21. The van der Waals surface area contributed by atoms with Gasteiger partial charge in [0.15, 0.2) is 0 Å². The predicted octanol–water partition coefficient (Wildman–Crippen LogP) is 16.6. The van der Waals surface area contributed by atoms with E-state index in [4.69, 9.17) is 0 Å². The maximum atomic E-state index is 2.42. The largest absolute Gasteiger partial charge is 0.310 e. The van der Waals surface area contributed by atoms with E-state index in [0.29, 0.717) is 0 Å². The van der Waals surface area contributed by atoms with Crippen LogP contribution >= 0.6 is 0 Å². The molecule has 0 N–H and O–H groups in total. The standard InChI is InChI=1S/C59H44N2/c1-59(2)55-39-47(60(43-21-9-4-10-22-43)44-23-11-5-12-24-44)35-37-49(55)50-38-36-48(40-56(50)59)61(45-25-13-6-14-26-45)46-33-31-42(32-34-46)58-53-29-17-15-27-51(53)57(41-19-7-3-8-20-41)52-28-16-18-30-54(52)58/h3-40H,1-2H3. The van der Waals surface area contributed by atoms with Crippen LogP contribution in [-0.2, 0) is 5.41 Å². The Morgan fingerprint density at radius 1 is 0.279 bits per heavy atom. The maximum Gasteiger partial charge on any atom is 0.0465 e. The number of benzene rings is 10. The number of para-hydroxylation sites is 3. The Hall–Kier alpha value is -7.68. The second-order valence-corrected chi connectivity index (χ2v) is 16.5. The van der Waals surface area contributed by atoms with Crippen molar-refractivity contribution >= 4 is 55.7 Å². The van der Waals surface area contributed by atoms with Crippen molar-refractivity contribution in [1.29, 1.82) is 0 Å². The number of fused-ring (bicyclic) bond motifs is 5. The Labute approximate surface area is 358 Å². The molecule has 2 heteroatoms. The van der Waals surface area contributed by atoms with E-state index in [1.807, 2.05) is 0 Å². The van der Waals surface area contributed by atoms with Crippen LogP contribution in [0.1, 0.15) is 25.0 Å². The smallest absolute Gasteiger partial charge is 0.0465 e. The molecule has 0 saturated heterocycles. The lowest BCUT2D eigenvalue weighted by Gasteiger charge is -2.29. The summed E-state index contributed by atoms with van der Waals surface area (Å²) in [5, 5.41) is 5.04. The van der Waals surface area contributed by atoms with Gasteiger partial charge < -0.3 is 9.80 Å². The highest BCUT2D eigenvalue weighted by atomic mass is 15.1. The molecule has 0 atom stereocenters. The topological polar surface area (TPSA) is 6.48 Å². The maximum absolute atomic E-state index is 2.42. The van der Waals surface area contributed by atoms with Gasteiger partial charge in [-0.2, -0.15) is 0 Å². The molecule has 0 aromatic heterocycles. The van der Waals surface area contributed by atoms with Gasteiger partial charge in [0.1, 0.15) is 0 Å². The first kappa shape index (κ1) is 36.4. The lowest BCUT2D eigenvalue weighted by molar-refractivity contribution is 0.660. The van der Waals surface area contributed by atoms with Gasteiger partial charge in [0.2, 0.25) is 0 Å². The third-order valence-corrected chi connectivity index (χ3v) is 12.6. The summed E-state index contributed by atoms with van der Waals surface area (Å²) in [5.74, 6) is 0. The Balaban J connectivity index is 1.00. The van der Waals surface area contributed by atoms with Crippen LogP contribution in [0.4, 0.5) is 34.1 Å². The minimum absolute atomic E-state index is 0.226. The molecule has 0 bridgehead atoms. The molecule has 0 unspecified atom stereocenters. The van der Waals surface area contributed by atoms with Gasteiger partial charge in [-0.1, -0.05) is 172 Å². The lowest BCUT2D eigenvalue weighted by Crippen LogP contribution is -2.17. The third kappa shape index (κ3) is 6.19. The fourth-order valence-electron chi connectivity index (χ4n) is 9.75. The molecule has 0 aliphatic heterocycles. The molecule has 10 aromatic carbocycles. The summed E-state index contributed by atoms with van der Waals surface area (Å²) < 4.78 is 0. The number of anilines is 6. The summed E-state index contributed by atoms with van der Waals surface area (Å²) in [5.41, 5.74) is 16.8. The molecule has 0 heterocycles. The van der Waals surface area contributed by atoms with Gasteiger partial charge in [0.25, 0.3) is 0 Å². The summed E-state index contributed by atoms with van der Waals surface area (Å²) >= 11 is 0. The van der Waals surface area contributed by atoms with Crippen LogP contribution in [0.15, 0.2) is 231 Å². The molecule has 0 spiro atoms. The first-order chi connectivity index (χ1) is 30.0. The summed E-state index contributed by atoms with van der Waals surface area (Å²) in [6, 6.07) is 83.9. The van der Waals surface area contributed by atoms with Crippen LogP contribution in [0.25, 0.3) is 54.9 Å². The second-order valence-electron chi connectivity index (χ2n) is 16.5. The molecule has 0 amide bonds. The average molecular weight is 781 g/mol. The summed E-state index contributed by atoms with van der Waals surface area (Å²) in [6.07, 6.45) is 0. The number of hydrogen-bond acceptors (Lipinski definition) is 2. The van der Waals surface area contributed by atoms with Gasteiger partial charge in [-0.05, 0) is 139 Å². The highest BCUT2D eigenvalue weighted by Crippen LogP contribution is 2.53. The molecular formula is C59H44N2. The van der Waals surface area contributed by atoms with Crippen LogP contribution in [0.3, 0.4) is 0 Å². The van der Waals surface area contributed by atoms with Gasteiger partial charge in [0.05, 0.1) is 0 Å². The average Bonchev–Trinajstić information content (AvgIpc) is 3.54. The summed E-state index contributed by atoms with van der Waals surface area (Å²) in [7, 11) is 0. The predicted molar refractivity (Wildman–Crippen MR) is 259 cm³/mol. The molecule has 1 aliphatic rings. The first-order valence-electron chi connectivity index (χ1n) is 21.2. The van der Waals surface area contributed by atoms with E-state index in [1.165, 1.54) is 66.1 Å². The molecular weight excluding hydrogens is 737 g/mol. The van der Waals surface area contributed by atoms with E-state index in [1.54, 1.807) is 0 Å². The van der Waals surface area contributed by atoms with Gasteiger partial charge in [-0.15, -0.1) is 0 Å². The van der Waals surface area contributed by atoms with Crippen molar-refractivity contribution in [3.8, 4) is 33.4 Å². The highest BCUT2D eigenvalue weighted by Gasteiger charge is 2.37. The van der Waals surface area contributed by atoms with E-state index in [9.17, 15) is 0 Å². The Morgan fingerprint density at radius 3 is 0.951 bits per heavy atom. The van der Waals surface area contributed by atoms with Gasteiger partial charge in [-0.25, -0.2) is 0 Å². The Kier molecular flexibility index (Phi) is 8.86. The zero-order valence-electron chi connectivity index (χ0n) is 34.3. The van der Waals surface area contributed by atoms with Crippen molar-refractivity contribution in [1.82, 2.24) is 0 Å². The molecule has 0 radical (unpaired) electrons. The fourth-order valence-corrected chi connectivity index (χ4v) is 9.75. The zero-order valence-corrected chi connectivity index (χ0v) is 34.3. The van der Waals surface area contributed by atoms with Crippen molar-refractivity contribution in [3.05, 3.63) is 242 Å². The molecule has 2 nitrogen and oxygen atoms in total. The van der Waals surface area contributed by atoms with E-state index >= 15 is 0 Å². The molecule has 0 fully saturated rings. The minimum atomic E-state index is -0.226. The van der Waals surface area contributed by atoms with Gasteiger partial charge in [0, 0.05) is 39.5 Å². The molecule has 0 saturated carbocycles. The van der Waals surface area contributed by atoms with E-state index in [2.05, 4.69) is 254 Å². The molecule has 61 heavy (non-hydrogen) atoms. The van der Waals surface area contributed by atoms with E-state index in [-0.39, 0.29) is 5.41 Å². The Bertz CT molecular complexity index is 3090. The van der Waals surface area contributed by atoms with Crippen LogP contribution in [0.5, 0.6) is 0 Å². The lowest BCUT2D eigenvalue weighted by atomic mass is 9.82. The summed E-state index contributed by atoms with van der Waals surface area (Å²) in [4.78, 5) is 4.75. The van der Waals surface area contributed by atoms with Crippen molar-refractivity contribution in [2.75, 3.05) is 9.80 Å². The van der Waals surface area contributed by atoms with Crippen LogP contribution < -0.4 is 9.80 Å². The normalized spacial score (nSPS) is 12.6. The van der Waals surface area contributed by atoms with E-state index in [0.717, 1.165) is 34.1 Å². The van der Waals surface area contributed by atoms with Crippen molar-refractivity contribution < 1.29 is 0 Å². The van der Waals surface area contributed by atoms with Crippen LogP contribution in [-0.4, -0.2) is 0 Å². The minimum Gasteiger partial charge on any atom is -0.310 e. The Morgan fingerprint density at radius 2 is 0.574 bits per heavy atom. The second kappa shape index (κ2) is 14.9. The quantitative estimate of drug-likeness (QED) is 0.142. The highest BCUT2D eigenvalue weighted by molar-refractivity contribution is 6.21. The fraction of sp³-hybridized carbons (Fsp3) is 0.0508. The monoisotopic (exact) mass is 780 g/mol. The van der Waals surface area contributed by atoms with Crippen molar-refractivity contribution in [2.24, 2.45) is 0 Å². The number of hydrogen-bond donors (Lipinski definition) is 0. The van der Waals surface area contributed by atoms with Crippen LogP contribution in [0.2, 0.25) is 0 Å². The van der Waals surface area contributed by atoms with E-state index < -0.39 is 0 Å². The zero-order chi connectivity index (χ0) is 40.9. The van der Waals surface area contributed by atoms with Crippen molar-refractivity contribution in [2.45, 2.75) is 19.3 Å². The molecule has 10 aromatic rings. The molecule has 290 valence electrons. The van der Waals surface area contributed by atoms with Gasteiger partial charge >= 0.3 is 0 Å². The molecule has 1 aliphatic carbocycles. The summed E-state index contributed by atoms with van der Waals surface area (Å²) in [6.45, 7) is 4.75. The van der Waals surface area contributed by atoms with Gasteiger partial charge in [-0.3, -0.25) is 0 Å². The number of rotatable bonds is 8. The third-order valence-electron chi connectivity index (χ3n) is 12.6. The van der Waals surface area contributed by atoms with Crippen molar-refractivity contribution in [3.63, 3.8) is 0 Å². The van der Waals surface area contributed by atoms with Crippen LogP contribution in [0, 0.1) is 0 Å². The number of nitrogens with zero attached hydrogens (tertiary/aromatic N) is 2. The first-order valence-corrected chi connectivity index (χ1v) is 21.2.